The van der Waals surface area contributed by atoms with Gasteiger partial charge in [0, 0.05) is 24.8 Å². The van der Waals surface area contributed by atoms with Crippen LogP contribution in [0.5, 0.6) is 0 Å². The Morgan fingerprint density at radius 3 is 2.82 bits per heavy atom. The molecule has 96 valence electrons. The molecule has 0 bridgehead atoms. The minimum absolute atomic E-state index is 0.263. The number of ether oxygens (including phenoxy) is 1. The molecular formula is C14H21BrO2. The zero-order valence-electron chi connectivity index (χ0n) is 10.4. The largest absolute Gasteiger partial charge is 0.396 e. The van der Waals surface area contributed by atoms with Crippen molar-refractivity contribution in [2.75, 3.05) is 20.3 Å². The van der Waals surface area contributed by atoms with Crippen molar-refractivity contribution in [3.05, 3.63) is 34.3 Å². The Labute approximate surface area is 112 Å². The Kier molecular flexibility index (Phi) is 7.49. The summed E-state index contributed by atoms with van der Waals surface area (Å²) < 4.78 is 6.13. The van der Waals surface area contributed by atoms with Gasteiger partial charge in [-0.05, 0) is 42.9 Å². The number of methoxy groups -OCH3 is 1. The number of rotatable bonds is 8. The van der Waals surface area contributed by atoms with Crippen LogP contribution in [0.1, 0.15) is 24.8 Å². The van der Waals surface area contributed by atoms with Gasteiger partial charge >= 0.3 is 0 Å². The third kappa shape index (κ3) is 6.20. The third-order valence-corrected chi connectivity index (χ3v) is 3.38. The van der Waals surface area contributed by atoms with E-state index in [4.69, 9.17) is 4.74 Å². The Morgan fingerprint density at radius 1 is 1.35 bits per heavy atom. The summed E-state index contributed by atoms with van der Waals surface area (Å²) in [7, 11) is 1.73. The summed E-state index contributed by atoms with van der Waals surface area (Å²) >= 11 is 3.47. The molecule has 17 heavy (non-hydrogen) atoms. The van der Waals surface area contributed by atoms with Crippen LogP contribution in [-0.4, -0.2) is 25.4 Å². The Hall–Kier alpha value is -0.380. The summed E-state index contributed by atoms with van der Waals surface area (Å²) in [5.41, 5.74) is 1.28. The van der Waals surface area contributed by atoms with Crippen LogP contribution in [0.25, 0.3) is 0 Å². The first-order chi connectivity index (χ1) is 8.26. The third-order valence-electron chi connectivity index (χ3n) is 2.88. The molecule has 0 amide bonds. The van der Waals surface area contributed by atoms with Crippen molar-refractivity contribution in [3.8, 4) is 0 Å². The molecule has 2 nitrogen and oxygen atoms in total. The van der Waals surface area contributed by atoms with Crippen molar-refractivity contribution in [2.24, 2.45) is 5.92 Å². The predicted molar refractivity (Wildman–Crippen MR) is 74.1 cm³/mol. The first kappa shape index (κ1) is 14.7. The van der Waals surface area contributed by atoms with Crippen LogP contribution in [0.3, 0.4) is 0 Å². The molecule has 0 aromatic heterocycles. The molecule has 1 unspecified atom stereocenters. The Bertz CT molecular complexity index is 315. The highest BCUT2D eigenvalue weighted by atomic mass is 79.9. The van der Waals surface area contributed by atoms with Crippen LogP contribution in [0.2, 0.25) is 0 Å². The van der Waals surface area contributed by atoms with Gasteiger partial charge in [-0.15, -0.1) is 0 Å². The number of hydrogen-bond donors (Lipinski definition) is 1. The second-order valence-corrected chi connectivity index (χ2v) is 5.29. The van der Waals surface area contributed by atoms with Crippen molar-refractivity contribution in [1.82, 2.24) is 0 Å². The van der Waals surface area contributed by atoms with E-state index in [2.05, 4.69) is 28.1 Å². The maximum Gasteiger partial charge on any atom is 0.0462 e. The van der Waals surface area contributed by atoms with Gasteiger partial charge in [-0.3, -0.25) is 0 Å². The Morgan fingerprint density at radius 2 is 2.18 bits per heavy atom. The van der Waals surface area contributed by atoms with Gasteiger partial charge in [-0.1, -0.05) is 34.5 Å². The first-order valence-corrected chi connectivity index (χ1v) is 6.89. The van der Waals surface area contributed by atoms with E-state index in [1.54, 1.807) is 7.11 Å². The van der Waals surface area contributed by atoms with Gasteiger partial charge in [-0.25, -0.2) is 0 Å². The zero-order chi connectivity index (χ0) is 12.5. The van der Waals surface area contributed by atoms with Crippen LogP contribution in [-0.2, 0) is 11.2 Å². The number of halogens is 1. The maximum absolute atomic E-state index is 9.37. The van der Waals surface area contributed by atoms with Crippen LogP contribution in [0.15, 0.2) is 28.7 Å². The average molecular weight is 301 g/mol. The minimum atomic E-state index is 0.263. The van der Waals surface area contributed by atoms with Gasteiger partial charge in [0.25, 0.3) is 0 Å². The molecule has 0 aliphatic heterocycles. The molecule has 1 aromatic carbocycles. The lowest BCUT2D eigenvalue weighted by molar-refractivity contribution is 0.181. The van der Waals surface area contributed by atoms with E-state index in [0.29, 0.717) is 5.92 Å². The van der Waals surface area contributed by atoms with Crippen LogP contribution in [0, 0.1) is 5.92 Å². The first-order valence-electron chi connectivity index (χ1n) is 6.10. The summed E-state index contributed by atoms with van der Waals surface area (Å²) in [5, 5.41) is 9.37. The molecule has 0 radical (unpaired) electrons. The van der Waals surface area contributed by atoms with E-state index >= 15 is 0 Å². The molecule has 1 aromatic rings. The number of benzene rings is 1. The number of aliphatic hydroxyl groups is 1. The summed E-state index contributed by atoms with van der Waals surface area (Å²) in [6.45, 7) is 1.08. The molecule has 3 heteroatoms. The lowest BCUT2D eigenvalue weighted by Gasteiger charge is -2.14. The second-order valence-electron chi connectivity index (χ2n) is 4.37. The van der Waals surface area contributed by atoms with E-state index in [-0.39, 0.29) is 6.61 Å². The standard InChI is InChI=1S/C14H21BrO2/c1-17-8-3-2-5-13(11-16)9-12-6-4-7-14(15)10-12/h4,6-7,10,13,16H,2-3,5,8-9,11H2,1H3. The van der Waals surface area contributed by atoms with Gasteiger partial charge < -0.3 is 9.84 Å². The molecule has 0 spiro atoms. The fourth-order valence-electron chi connectivity index (χ4n) is 1.93. The highest BCUT2D eigenvalue weighted by Gasteiger charge is 2.08. The minimum Gasteiger partial charge on any atom is -0.396 e. The Balaban J connectivity index is 2.35. The highest BCUT2D eigenvalue weighted by molar-refractivity contribution is 9.10. The smallest absolute Gasteiger partial charge is 0.0462 e. The molecule has 0 heterocycles. The van der Waals surface area contributed by atoms with Crippen molar-refractivity contribution in [3.63, 3.8) is 0 Å². The van der Waals surface area contributed by atoms with Crippen molar-refractivity contribution >= 4 is 15.9 Å². The SMILES string of the molecule is COCCCCC(CO)Cc1cccc(Br)c1. The molecule has 1 rings (SSSR count). The van der Waals surface area contributed by atoms with Crippen LogP contribution >= 0.6 is 15.9 Å². The van der Waals surface area contributed by atoms with E-state index < -0.39 is 0 Å². The molecule has 1 N–H and O–H groups in total. The van der Waals surface area contributed by atoms with E-state index in [0.717, 1.165) is 36.8 Å². The summed E-state index contributed by atoms with van der Waals surface area (Å²) in [5.74, 6) is 0.362. The number of aliphatic hydroxyl groups excluding tert-OH is 1. The summed E-state index contributed by atoms with van der Waals surface area (Å²) in [4.78, 5) is 0. The summed E-state index contributed by atoms with van der Waals surface area (Å²) in [6.07, 6.45) is 4.20. The van der Waals surface area contributed by atoms with Crippen LogP contribution < -0.4 is 0 Å². The quantitative estimate of drug-likeness (QED) is 0.746. The molecule has 1 atom stereocenters. The molecule has 0 saturated heterocycles. The van der Waals surface area contributed by atoms with E-state index in [1.807, 2.05) is 12.1 Å². The van der Waals surface area contributed by atoms with Gasteiger partial charge in [0.2, 0.25) is 0 Å². The zero-order valence-corrected chi connectivity index (χ0v) is 11.9. The average Bonchev–Trinajstić information content (AvgIpc) is 2.33. The molecule has 0 aliphatic carbocycles. The van der Waals surface area contributed by atoms with Crippen molar-refractivity contribution < 1.29 is 9.84 Å². The lowest BCUT2D eigenvalue weighted by Crippen LogP contribution is -2.10. The molecule has 0 aliphatic rings. The monoisotopic (exact) mass is 300 g/mol. The predicted octanol–water partition coefficient (Wildman–Crippen LogP) is 3.42. The normalized spacial score (nSPS) is 12.6. The van der Waals surface area contributed by atoms with Crippen molar-refractivity contribution in [1.29, 1.82) is 0 Å². The molecular weight excluding hydrogens is 280 g/mol. The number of hydrogen-bond acceptors (Lipinski definition) is 2. The molecule has 0 fully saturated rings. The van der Waals surface area contributed by atoms with Crippen molar-refractivity contribution in [2.45, 2.75) is 25.7 Å². The van der Waals surface area contributed by atoms with E-state index in [1.165, 1.54) is 5.56 Å². The molecule has 0 saturated carbocycles. The topological polar surface area (TPSA) is 29.5 Å². The fraction of sp³-hybridized carbons (Fsp3) is 0.571. The summed E-state index contributed by atoms with van der Waals surface area (Å²) in [6, 6.07) is 8.30. The van der Waals surface area contributed by atoms with Gasteiger partial charge in [-0.2, -0.15) is 0 Å². The maximum atomic E-state index is 9.37. The number of unbranched alkanes of at least 4 members (excludes halogenated alkanes) is 1. The van der Waals surface area contributed by atoms with Gasteiger partial charge in [0.05, 0.1) is 0 Å². The van der Waals surface area contributed by atoms with Gasteiger partial charge in [0.1, 0.15) is 0 Å². The lowest BCUT2D eigenvalue weighted by atomic mass is 9.95. The fourth-order valence-corrected chi connectivity index (χ4v) is 2.38. The highest BCUT2D eigenvalue weighted by Crippen LogP contribution is 2.18. The van der Waals surface area contributed by atoms with Crippen LogP contribution in [0.4, 0.5) is 0 Å². The second kappa shape index (κ2) is 8.67. The van der Waals surface area contributed by atoms with Gasteiger partial charge in [0.15, 0.2) is 0 Å². The van der Waals surface area contributed by atoms with E-state index in [9.17, 15) is 5.11 Å².